The molecule has 0 atom stereocenters. The number of hydrogen-bond donors (Lipinski definition) is 0. The van der Waals surface area contributed by atoms with Gasteiger partial charge in [-0.1, -0.05) is 0 Å². The second-order valence-corrected chi connectivity index (χ2v) is 7.01. The van der Waals surface area contributed by atoms with Gasteiger partial charge in [0.2, 0.25) is 6.54 Å². The number of ether oxygens (including phenoxy) is 1. The van der Waals surface area contributed by atoms with E-state index in [0.717, 1.165) is 34.5 Å². The number of fused-ring (bicyclic) bond motifs is 1. The molecule has 0 spiro atoms. The van der Waals surface area contributed by atoms with Crippen LogP contribution in [0.3, 0.4) is 0 Å². The van der Waals surface area contributed by atoms with Crippen molar-refractivity contribution in [2.45, 2.75) is 33.5 Å². The summed E-state index contributed by atoms with van der Waals surface area (Å²) in [7, 11) is 0. The highest BCUT2D eigenvalue weighted by atomic mass is 19.4. The van der Waals surface area contributed by atoms with E-state index in [1.807, 2.05) is 25.1 Å². The number of allylic oxidation sites excluding steroid dienone is 3. The third kappa shape index (κ3) is 4.65. The van der Waals surface area contributed by atoms with Crippen molar-refractivity contribution in [3.05, 3.63) is 65.7 Å². The fraction of sp³-hybridized carbons (Fsp3) is 0.304. The third-order valence-electron chi connectivity index (χ3n) is 4.99. The van der Waals surface area contributed by atoms with E-state index in [1.165, 1.54) is 24.5 Å². The van der Waals surface area contributed by atoms with Gasteiger partial charge >= 0.3 is 6.18 Å². The van der Waals surface area contributed by atoms with Gasteiger partial charge in [-0.05, 0) is 44.6 Å². The molecule has 30 heavy (non-hydrogen) atoms. The van der Waals surface area contributed by atoms with E-state index in [2.05, 4.69) is 24.8 Å². The van der Waals surface area contributed by atoms with Crippen molar-refractivity contribution in [3.63, 3.8) is 0 Å². The predicted molar refractivity (Wildman–Crippen MR) is 110 cm³/mol. The molecule has 3 rings (SSSR count). The van der Waals surface area contributed by atoms with Crippen molar-refractivity contribution in [1.82, 2.24) is 0 Å². The van der Waals surface area contributed by atoms with Gasteiger partial charge in [0.25, 0.3) is 0 Å². The van der Waals surface area contributed by atoms with Crippen molar-refractivity contribution in [2.24, 2.45) is 0 Å². The normalized spacial score (nSPS) is 14.9. The molecule has 156 valence electrons. The Morgan fingerprint density at radius 1 is 1.13 bits per heavy atom. The smallest absolute Gasteiger partial charge is 0.448 e. The molecule has 0 saturated heterocycles. The van der Waals surface area contributed by atoms with Gasteiger partial charge in [0.05, 0.1) is 0 Å². The quantitative estimate of drug-likeness (QED) is 0.504. The molecule has 0 fully saturated rings. The lowest BCUT2D eigenvalue weighted by molar-refractivity contribution is -0.719. The number of alkyl halides is 3. The number of nitrogens with zero attached hydrogens (tertiary/aromatic N) is 3. The summed E-state index contributed by atoms with van der Waals surface area (Å²) < 4.78 is 44.8. The van der Waals surface area contributed by atoms with Crippen LogP contribution in [-0.2, 0) is 6.54 Å². The number of pyridine rings is 1. The number of aromatic nitrogens is 1. The first-order valence-electron chi connectivity index (χ1n) is 9.71. The SMILES string of the molecule is CCN(CC)c1ccc2c(c1)O/C(=C(/C#N)c1cc[n+](CC(F)(F)F)cc1)C=C2C. The van der Waals surface area contributed by atoms with Crippen LogP contribution in [0.5, 0.6) is 5.75 Å². The van der Waals surface area contributed by atoms with Crippen LogP contribution in [0.4, 0.5) is 18.9 Å². The number of rotatable bonds is 5. The Hall–Kier alpha value is -3.27. The van der Waals surface area contributed by atoms with Crippen LogP contribution < -0.4 is 14.2 Å². The first-order chi connectivity index (χ1) is 14.3. The van der Waals surface area contributed by atoms with E-state index >= 15 is 0 Å². The maximum atomic E-state index is 12.6. The minimum Gasteiger partial charge on any atom is -0.455 e. The molecule has 4 nitrogen and oxygen atoms in total. The molecule has 7 heteroatoms. The number of anilines is 1. The summed E-state index contributed by atoms with van der Waals surface area (Å²) in [6.45, 7) is 6.73. The minimum absolute atomic E-state index is 0.271. The Morgan fingerprint density at radius 3 is 2.37 bits per heavy atom. The average molecular weight is 414 g/mol. The lowest BCUT2D eigenvalue weighted by Crippen LogP contribution is -2.40. The van der Waals surface area contributed by atoms with Crippen LogP contribution in [0.15, 0.2) is 54.6 Å². The Labute approximate surface area is 174 Å². The van der Waals surface area contributed by atoms with E-state index in [1.54, 1.807) is 6.08 Å². The van der Waals surface area contributed by atoms with Crippen LogP contribution in [0.2, 0.25) is 0 Å². The van der Waals surface area contributed by atoms with Gasteiger partial charge in [-0.3, -0.25) is 0 Å². The zero-order valence-electron chi connectivity index (χ0n) is 17.1. The topological polar surface area (TPSA) is 40.1 Å². The lowest BCUT2D eigenvalue weighted by atomic mass is 9.99. The second-order valence-electron chi connectivity index (χ2n) is 7.01. The summed E-state index contributed by atoms with van der Waals surface area (Å²) >= 11 is 0. The van der Waals surface area contributed by atoms with Crippen LogP contribution >= 0.6 is 0 Å². The molecule has 0 unspecified atom stereocenters. The fourth-order valence-corrected chi connectivity index (χ4v) is 3.45. The molecule has 1 aliphatic rings. The van der Waals surface area contributed by atoms with E-state index in [-0.39, 0.29) is 5.57 Å². The van der Waals surface area contributed by atoms with Crippen LogP contribution in [0.25, 0.3) is 11.1 Å². The third-order valence-corrected chi connectivity index (χ3v) is 4.99. The average Bonchev–Trinajstić information content (AvgIpc) is 2.69. The van der Waals surface area contributed by atoms with Gasteiger partial charge < -0.3 is 9.64 Å². The molecule has 0 amide bonds. The first kappa shape index (κ1) is 21.4. The van der Waals surface area contributed by atoms with Gasteiger partial charge in [-0.25, -0.2) is 0 Å². The highest BCUT2D eigenvalue weighted by molar-refractivity contribution is 5.85. The molecule has 0 radical (unpaired) electrons. The summed E-state index contributed by atoms with van der Waals surface area (Å²) in [6, 6.07) is 11.1. The van der Waals surface area contributed by atoms with E-state index in [4.69, 9.17) is 4.74 Å². The van der Waals surface area contributed by atoms with Crippen molar-refractivity contribution >= 4 is 16.8 Å². The van der Waals surface area contributed by atoms with Gasteiger partial charge in [0.15, 0.2) is 12.4 Å². The van der Waals surface area contributed by atoms with Crippen molar-refractivity contribution < 1.29 is 22.5 Å². The summed E-state index contributed by atoms with van der Waals surface area (Å²) in [4.78, 5) is 2.20. The maximum absolute atomic E-state index is 12.6. The molecule has 0 aliphatic carbocycles. The maximum Gasteiger partial charge on any atom is 0.448 e. The molecule has 0 saturated carbocycles. The van der Waals surface area contributed by atoms with E-state index in [0.29, 0.717) is 17.1 Å². The van der Waals surface area contributed by atoms with Gasteiger partial charge in [-0.15, -0.1) is 0 Å². The zero-order chi connectivity index (χ0) is 21.9. The van der Waals surface area contributed by atoms with E-state index in [9.17, 15) is 18.4 Å². The number of nitriles is 1. The largest absolute Gasteiger partial charge is 0.455 e. The molecule has 0 bridgehead atoms. The molecule has 0 N–H and O–H groups in total. The summed E-state index contributed by atoms with van der Waals surface area (Å²) in [5.41, 5.74) is 3.70. The van der Waals surface area contributed by atoms with Crippen LogP contribution in [-0.4, -0.2) is 19.3 Å². The van der Waals surface area contributed by atoms with E-state index < -0.39 is 12.7 Å². The van der Waals surface area contributed by atoms with Gasteiger partial charge in [0.1, 0.15) is 23.2 Å². The van der Waals surface area contributed by atoms with Crippen molar-refractivity contribution in [1.29, 1.82) is 5.26 Å². The molecule has 1 aliphatic heterocycles. The fourth-order valence-electron chi connectivity index (χ4n) is 3.45. The number of benzene rings is 1. The molecule has 2 heterocycles. The monoisotopic (exact) mass is 414 g/mol. The van der Waals surface area contributed by atoms with Crippen LogP contribution in [0.1, 0.15) is 31.9 Å². The predicted octanol–water partition coefficient (Wildman–Crippen LogP) is 5.11. The minimum atomic E-state index is -4.30. The number of halogens is 3. The summed E-state index contributed by atoms with van der Waals surface area (Å²) in [6.07, 6.45) is 0.106. The molecular formula is C23H23F3N3O+. The Morgan fingerprint density at radius 2 is 1.80 bits per heavy atom. The highest BCUT2D eigenvalue weighted by Crippen LogP contribution is 2.38. The Kier molecular flexibility index (Phi) is 6.16. The zero-order valence-corrected chi connectivity index (χ0v) is 17.1. The van der Waals surface area contributed by atoms with Gasteiger partial charge in [-0.2, -0.15) is 23.0 Å². The second kappa shape index (κ2) is 8.62. The molecule has 1 aromatic carbocycles. The molecular weight excluding hydrogens is 391 g/mol. The van der Waals surface area contributed by atoms with Crippen LogP contribution in [0, 0.1) is 11.3 Å². The summed E-state index contributed by atoms with van der Waals surface area (Å²) in [5.74, 6) is 1.04. The van der Waals surface area contributed by atoms with Crippen molar-refractivity contribution in [3.8, 4) is 11.8 Å². The highest BCUT2D eigenvalue weighted by Gasteiger charge is 2.33. The molecule has 2 aromatic rings. The first-order valence-corrected chi connectivity index (χ1v) is 9.71. The molecule has 1 aromatic heterocycles. The standard InChI is InChI=1S/C23H23F3N3O/c1-4-29(5-2)18-6-7-19-16(3)12-21(30-22(19)13-18)20(14-27)17-8-10-28(11-9-17)15-23(24,25)26/h6-13H,4-5,15H2,1-3H3/q+1. The number of hydrogen-bond acceptors (Lipinski definition) is 3. The Balaban J connectivity index is 1.98. The summed E-state index contributed by atoms with van der Waals surface area (Å²) in [5, 5.41) is 9.73. The van der Waals surface area contributed by atoms with Crippen molar-refractivity contribution in [2.75, 3.05) is 18.0 Å². The lowest BCUT2D eigenvalue weighted by Gasteiger charge is -2.25. The van der Waals surface area contributed by atoms with Gasteiger partial charge in [0, 0.05) is 48.1 Å². The Bertz CT molecular complexity index is 1030.